The number of H-pyrrole nitrogens is 1. The molecule has 0 bridgehead atoms. The quantitative estimate of drug-likeness (QED) is 0.634. The first-order chi connectivity index (χ1) is 8.65. The number of benzene rings is 1. The molecule has 0 amide bonds. The van der Waals surface area contributed by atoms with E-state index in [2.05, 4.69) is 9.97 Å². The smallest absolute Gasteiger partial charge is 0.332 e. The van der Waals surface area contributed by atoms with Crippen molar-refractivity contribution in [3.05, 3.63) is 52.6 Å². The number of fused-ring (bicyclic) bond motifs is 1. The first kappa shape index (κ1) is 10.6. The Labute approximate surface area is 103 Å². The number of nitrogens with zero attached hydrogens (tertiary/aromatic N) is 2. The maximum Gasteiger partial charge on any atom is 0.332 e. The number of anilines is 1. The summed E-state index contributed by atoms with van der Waals surface area (Å²) in [6.07, 6.45) is 0. The molecule has 3 rings (SSSR count). The van der Waals surface area contributed by atoms with Crippen LogP contribution in [0.15, 0.2) is 41.2 Å². The van der Waals surface area contributed by atoms with Gasteiger partial charge in [0.15, 0.2) is 0 Å². The molecule has 90 valence electrons. The molecule has 0 fully saturated rings. The number of hydrogen-bond acceptors (Lipinski definition) is 3. The largest absolute Gasteiger partial charge is 0.399 e. The van der Waals surface area contributed by atoms with Gasteiger partial charge in [0.25, 0.3) is 0 Å². The zero-order valence-electron chi connectivity index (χ0n) is 9.84. The van der Waals surface area contributed by atoms with Crippen LogP contribution in [0.1, 0.15) is 5.69 Å². The molecule has 0 unspecified atom stereocenters. The van der Waals surface area contributed by atoms with Crippen LogP contribution in [0.4, 0.5) is 5.69 Å². The summed E-state index contributed by atoms with van der Waals surface area (Å²) in [7, 11) is 0. The number of hydrogen-bond donors (Lipinski definition) is 2. The molecule has 0 aliphatic rings. The number of nitrogens with one attached hydrogen (secondary N) is 1. The van der Waals surface area contributed by atoms with Gasteiger partial charge in [-0.3, -0.25) is 0 Å². The maximum atomic E-state index is 12.0. The Morgan fingerprint density at radius 3 is 2.89 bits per heavy atom. The predicted octanol–water partition coefficient (Wildman–Crippen LogP) is 1.60. The van der Waals surface area contributed by atoms with E-state index in [0.29, 0.717) is 17.0 Å². The average Bonchev–Trinajstić information content (AvgIpc) is 2.64. The number of imidazole rings is 1. The molecule has 3 aromatic rings. The second-order valence-electron chi connectivity index (χ2n) is 4.18. The van der Waals surface area contributed by atoms with Crippen LogP contribution in [0.25, 0.3) is 16.9 Å². The van der Waals surface area contributed by atoms with Crippen molar-refractivity contribution in [2.24, 2.45) is 0 Å². The lowest BCUT2D eigenvalue weighted by Crippen LogP contribution is -2.15. The van der Waals surface area contributed by atoms with Gasteiger partial charge in [-0.05, 0) is 37.3 Å². The summed E-state index contributed by atoms with van der Waals surface area (Å²) in [5, 5.41) is 0. The highest BCUT2D eigenvalue weighted by Gasteiger charge is 2.09. The highest BCUT2D eigenvalue weighted by molar-refractivity contribution is 5.80. The van der Waals surface area contributed by atoms with Crippen molar-refractivity contribution in [1.82, 2.24) is 14.5 Å². The van der Waals surface area contributed by atoms with Gasteiger partial charge in [-0.2, -0.15) is 0 Å². The Kier molecular flexibility index (Phi) is 2.19. The SMILES string of the molecule is Cc1cccc(-n2c(=O)[nH]c3cc(N)ccc32)n1. The maximum absolute atomic E-state index is 12.0. The Morgan fingerprint density at radius 1 is 1.28 bits per heavy atom. The van der Waals surface area contributed by atoms with Crippen LogP contribution < -0.4 is 11.4 Å². The molecular formula is C13H12N4O. The fourth-order valence-corrected chi connectivity index (χ4v) is 2.01. The van der Waals surface area contributed by atoms with Crippen molar-refractivity contribution in [3.63, 3.8) is 0 Å². The van der Waals surface area contributed by atoms with Crippen molar-refractivity contribution in [2.45, 2.75) is 6.92 Å². The molecule has 1 aromatic carbocycles. The molecule has 3 N–H and O–H groups in total. The van der Waals surface area contributed by atoms with E-state index in [-0.39, 0.29) is 5.69 Å². The number of pyridine rings is 1. The number of aromatic nitrogens is 3. The van der Waals surface area contributed by atoms with Crippen LogP contribution in [0.3, 0.4) is 0 Å². The van der Waals surface area contributed by atoms with Crippen LogP contribution in [-0.2, 0) is 0 Å². The van der Waals surface area contributed by atoms with E-state index in [1.807, 2.05) is 25.1 Å². The molecule has 5 heteroatoms. The fourth-order valence-electron chi connectivity index (χ4n) is 2.01. The first-order valence-corrected chi connectivity index (χ1v) is 5.59. The molecule has 2 aromatic heterocycles. The zero-order valence-corrected chi connectivity index (χ0v) is 9.84. The van der Waals surface area contributed by atoms with Crippen molar-refractivity contribution in [3.8, 4) is 5.82 Å². The second kappa shape index (κ2) is 3.73. The molecule has 18 heavy (non-hydrogen) atoms. The Balaban J connectivity index is 2.35. The molecule has 5 nitrogen and oxygen atoms in total. The van der Waals surface area contributed by atoms with Crippen LogP contribution in [0.5, 0.6) is 0 Å². The van der Waals surface area contributed by atoms with E-state index in [4.69, 9.17) is 5.73 Å². The van der Waals surface area contributed by atoms with Gasteiger partial charge >= 0.3 is 5.69 Å². The lowest BCUT2D eigenvalue weighted by molar-refractivity contribution is 0.953. The third-order valence-corrected chi connectivity index (χ3v) is 2.81. The van der Waals surface area contributed by atoms with Gasteiger partial charge < -0.3 is 10.7 Å². The van der Waals surface area contributed by atoms with E-state index in [1.54, 1.807) is 22.8 Å². The summed E-state index contributed by atoms with van der Waals surface area (Å²) in [4.78, 5) is 19.1. The summed E-state index contributed by atoms with van der Waals surface area (Å²) >= 11 is 0. The van der Waals surface area contributed by atoms with Gasteiger partial charge in [-0.25, -0.2) is 14.3 Å². The lowest BCUT2D eigenvalue weighted by Gasteiger charge is -2.03. The van der Waals surface area contributed by atoms with Gasteiger partial charge in [0.2, 0.25) is 0 Å². The monoisotopic (exact) mass is 240 g/mol. The number of nitrogen functional groups attached to an aromatic ring is 1. The Hall–Kier alpha value is -2.56. The number of aromatic amines is 1. The lowest BCUT2D eigenvalue weighted by atomic mass is 10.3. The highest BCUT2D eigenvalue weighted by Crippen LogP contribution is 2.16. The molecule has 0 spiro atoms. The first-order valence-electron chi connectivity index (χ1n) is 5.59. The number of rotatable bonds is 1. The highest BCUT2D eigenvalue weighted by atomic mass is 16.1. The van der Waals surface area contributed by atoms with Gasteiger partial charge in [0.05, 0.1) is 11.0 Å². The van der Waals surface area contributed by atoms with Crippen molar-refractivity contribution in [2.75, 3.05) is 5.73 Å². The van der Waals surface area contributed by atoms with E-state index in [0.717, 1.165) is 11.2 Å². The summed E-state index contributed by atoms with van der Waals surface area (Å²) in [5.74, 6) is 0.607. The van der Waals surface area contributed by atoms with E-state index >= 15 is 0 Å². The fraction of sp³-hybridized carbons (Fsp3) is 0.0769. The van der Waals surface area contributed by atoms with Crippen molar-refractivity contribution < 1.29 is 0 Å². The number of nitrogens with two attached hydrogens (primary N) is 1. The van der Waals surface area contributed by atoms with E-state index in [1.165, 1.54) is 0 Å². The summed E-state index contributed by atoms with van der Waals surface area (Å²) in [6, 6.07) is 10.9. The summed E-state index contributed by atoms with van der Waals surface area (Å²) < 4.78 is 1.54. The Bertz CT molecular complexity index is 785. The molecule has 2 heterocycles. The number of aryl methyl sites for hydroxylation is 1. The predicted molar refractivity (Wildman–Crippen MR) is 70.8 cm³/mol. The van der Waals surface area contributed by atoms with Crippen molar-refractivity contribution >= 4 is 16.7 Å². The minimum Gasteiger partial charge on any atom is -0.399 e. The van der Waals surface area contributed by atoms with Gasteiger partial charge in [0.1, 0.15) is 5.82 Å². The van der Waals surface area contributed by atoms with E-state index in [9.17, 15) is 4.79 Å². The Morgan fingerprint density at radius 2 is 2.11 bits per heavy atom. The van der Waals surface area contributed by atoms with Crippen LogP contribution in [0, 0.1) is 6.92 Å². The molecule has 0 atom stereocenters. The zero-order chi connectivity index (χ0) is 12.7. The third-order valence-electron chi connectivity index (χ3n) is 2.81. The van der Waals surface area contributed by atoms with Gasteiger partial charge in [-0.1, -0.05) is 6.07 Å². The molecule has 0 aliphatic heterocycles. The van der Waals surface area contributed by atoms with Crippen LogP contribution >= 0.6 is 0 Å². The van der Waals surface area contributed by atoms with Gasteiger partial charge in [0, 0.05) is 11.4 Å². The normalized spacial score (nSPS) is 10.9. The second-order valence-corrected chi connectivity index (χ2v) is 4.18. The van der Waals surface area contributed by atoms with Crippen LogP contribution in [-0.4, -0.2) is 14.5 Å². The van der Waals surface area contributed by atoms with E-state index < -0.39 is 0 Å². The topological polar surface area (TPSA) is 76.7 Å². The third kappa shape index (κ3) is 1.57. The molecule has 0 radical (unpaired) electrons. The molecule has 0 saturated carbocycles. The minimum atomic E-state index is -0.214. The molecule has 0 saturated heterocycles. The summed E-state index contributed by atoms with van der Waals surface area (Å²) in [5.41, 5.74) is 8.45. The van der Waals surface area contributed by atoms with Gasteiger partial charge in [-0.15, -0.1) is 0 Å². The standard InChI is InChI=1S/C13H12N4O/c1-8-3-2-4-12(15-8)17-11-6-5-9(14)7-10(11)16-13(17)18/h2-7H,14H2,1H3,(H,16,18). The summed E-state index contributed by atoms with van der Waals surface area (Å²) in [6.45, 7) is 1.89. The average molecular weight is 240 g/mol. The molecule has 0 aliphatic carbocycles. The molecular weight excluding hydrogens is 228 g/mol. The van der Waals surface area contributed by atoms with Crippen molar-refractivity contribution in [1.29, 1.82) is 0 Å². The van der Waals surface area contributed by atoms with Crippen LogP contribution in [0.2, 0.25) is 0 Å². The minimum absolute atomic E-state index is 0.214.